The molecule has 1 N–H and O–H groups in total. The van der Waals surface area contributed by atoms with E-state index in [0.717, 1.165) is 21.7 Å². The predicted molar refractivity (Wildman–Crippen MR) is 115 cm³/mol. The van der Waals surface area contributed by atoms with Crippen LogP contribution in [0.3, 0.4) is 0 Å². The van der Waals surface area contributed by atoms with Gasteiger partial charge in [0.15, 0.2) is 0 Å². The van der Waals surface area contributed by atoms with Gasteiger partial charge in [-0.3, -0.25) is 0 Å². The van der Waals surface area contributed by atoms with Crippen LogP contribution in [0.1, 0.15) is 11.1 Å². The number of nitriles is 2. The molecule has 1 heterocycles. The van der Waals surface area contributed by atoms with Crippen molar-refractivity contribution in [1.29, 1.82) is 10.5 Å². The molecule has 1 aromatic heterocycles. The largest absolute Gasteiger partial charge is 0.508 e. The minimum Gasteiger partial charge on any atom is -0.508 e. The van der Waals surface area contributed by atoms with Crippen LogP contribution in [-0.4, -0.2) is 14.9 Å². The Hall–Kier alpha value is -4.20. The molecule has 4 rings (SSSR count). The van der Waals surface area contributed by atoms with Gasteiger partial charge in [0.05, 0.1) is 29.0 Å². The van der Waals surface area contributed by atoms with Crippen LogP contribution in [0.15, 0.2) is 71.7 Å². The Labute approximate surface area is 176 Å². The second kappa shape index (κ2) is 8.04. The van der Waals surface area contributed by atoms with E-state index in [1.165, 1.54) is 11.3 Å². The minimum absolute atomic E-state index is 0.155. The minimum atomic E-state index is 0.155. The fourth-order valence-corrected chi connectivity index (χ4v) is 3.88. The highest BCUT2D eigenvalue weighted by atomic mass is 32.1. The lowest BCUT2D eigenvalue weighted by atomic mass is 9.97. The monoisotopic (exact) mass is 409 g/mol. The number of nitrogens with zero attached hydrogens (tertiary/aromatic N) is 5. The van der Waals surface area contributed by atoms with Crippen LogP contribution in [-0.2, 0) is 7.05 Å². The van der Waals surface area contributed by atoms with Crippen molar-refractivity contribution in [3.63, 3.8) is 0 Å². The van der Waals surface area contributed by atoms with E-state index in [2.05, 4.69) is 22.2 Å². The number of benzene rings is 3. The van der Waals surface area contributed by atoms with Crippen LogP contribution >= 0.6 is 11.3 Å². The number of aromatic hydroxyl groups is 1. The molecule has 0 aliphatic carbocycles. The summed E-state index contributed by atoms with van der Waals surface area (Å²) in [6, 6.07) is 23.8. The van der Waals surface area contributed by atoms with Gasteiger partial charge in [-0.1, -0.05) is 35.6 Å². The number of phenols is 1. The third-order valence-corrected chi connectivity index (χ3v) is 5.52. The number of hydrogen-bond acceptors (Lipinski definition) is 6. The van der Waals surface area contributed by atoms with Gasteiger partial charge in [0.25, 0.3) is 0 Å². The van der Waals surface area contributed by atoms with Gasteiger partial charge >= 0.3 is 0 Å². The summed E-state index contributed by atoms with van der Waals surface area (Å²) >= 11 is 1.41. The molecule has 0 aliphatic rings. The van der Waals surface area contributed by atoms with Crippen molar-refractivity contribution >= 4 is 17.0 Å². The lowest BCUT2D eigenvalue weighted by Crippen LogP contribution is -2.10. The molecule has 7 heteroatoms. The van der Waals surface area contributed by atoms with Crippen LogP contribution in [0.5, 0.6) is 5.75 Å². The van der Waals surface area contributed by atoms with Crippen molar-refractivity contribution < 1.29 is 5.11 Å². The van der Waals surface area contributed by atoms with Gasteiger partial charge in [0, 0.05) is 24.2 Å². The Morgan fingerprint density at radius 1 is 0.967 bits per heavy atom. The third kappa shape index (κ3) is 3.83. The molecular formula is C23H15N5OS. The van der Waals surface area contributed by atoms with Gasteiger partial charge in [0.2, 0.25) is 4.80 Å². The lowest BCUT2D eigenvalue weighted by molar-refractivity contribution is 0.475. The van der Waals surface area contributed by atoms with Crippen LogP contribution in [0, 0.1) is 22.7 Å². The maximum absolute atomic E-state index is 9.64. The lowest BCUT2D eigenvalue weighted by Gasteiger charge is -2.06. The Morgan fingerprint density at radius 2 is 1.73 bits per heavy atom. The molecule has 0 spiro atoms. The quantitative estimate of drug-likeness (QED) is 0.539. The average Bonchev–Trinajstić information content (AvgIpc) is 3.13. The topological polar surface area (TPSA) is 98.0 Å². The van der Waals surface area contributed by atoms with Gasteiger partial charge in [-0.25, -0.2) is 9.67 Å². The smallest absolute Gasteiger partial charge is 0.208 e. The maximum atomic E-state index is 9.64. The van der Waals surface area contributed by atoms with Crippen molar-refractivity contribution in [2.75, 3.05) is 0 Å². The molecular weight excluding hydrogens is 394 g/mol. The summed E-state index contributed by atoms with van der Waals surface area (Å²) in [6.45, 7) is 0. The predicted octanol–water partition coefficient (Wildman–Crippen LogP) is 4.50. The van der Waals surface area contributed by atoms with Gasteiger partial charge in [-0.15, -0.1) is 0 Å². The molecule has 0 amide bonds. The normalized spacial score (nSPS) is 11.1. The summed E-state index contributed by atoms with van der Waals surface area (Å²) in [5.74, 6) is 0.155. The van der Waals surface area contributed by atoms with Gasteiger partial charge in [0.1, 0.15) is 10.8 Å². The molecule has 0 aliphatic heterocycles. The molecule has 0 saturated heterocycles. The summed E-state index contributed by atoms with van der Waals surface area (Å²) in [6.07, 6.45) is 0. The SMILES string of the molecule is Cn1nc(-c2ccc(C#N)c(-c3ccc(C#N)cc3)c2)sc1=Nc1cccc(O)c1. The molecule has 0 saturated carbocycles. The highest BCUT2D eigenvalue weighted by Crippen LogP contribution is 2.30. The first-order chi connectivity index (χ1) is 14.6. The molecule has 6 nitrogen and oxygen atoms in total. The molecule has 0 bridgehead atoms. The highest BCUT2D eigenvalue weighted by Gasteiger charge is 2.11. The molecule has 0 atom stereocenters. The number of aromatic nitrogens is 2. The maximum Gasteiger partial charge on any atom is 0.208 e. The number of aryl methyl sites for hydroxylation is 1. The second-order valence-corrected chi connectivity index (χ2v) is 7.46. The Kier molecular flexibility index (Phi) is 5.13. The van der Waals surface area contributed by atoms with E-state index in [9.17, 15) is 10.4 Å². The summed E-state index contributed by atoms with van der Waals surface area (Å²) < 4.78 is 1.68. The third-order valence-electron chi connectivity index (χ3n) is 4.47. The summed E-state index contributed by atoms with van der Waals surface area (Å²) in [7, 11) is 1.81. The van der Waals surface area contributed by atoms with Crippen LogP contribution in [0.25, 0.3) is 21.7 Å². The summed E-state index contributed by atoms with van der Waals surface area (Å²) in [5, 5.41) is 33.5. The van der Waals surface area contributed by atoms with E-state index in [1.54, 1.807) is 41.1 Å². The fraction of sp³-hybridized carbons (Fsp3) is 0.0435. The van der Waals surface area contributed by atoms with Crippen molar-refractivity contribution in [2.24, 2.45) is 12.0 Å². The number of hydrogen-bond donors (Lipinski definition) is 1. The van der Waals surface area contributed by atoms with E-state index in [-0.39, 0.29) is 5.75 Å². The standard InChI is InChI=1S/C23H15N5OS/c1-28-23(26-19-3-2-4-20(29)12-19)30-22(27-28)17-9-10-18(14-25)21(11-17)16-7-5-15(13-24)6-8-16/h2-12,29H,1H3. The summed E-state index contributed by atoms with van der Waals surface area (Å²) in [5.41, 5.74) is 4.26. The zero-order valence-corrected chi connectivity index (χ0v) is 16.8. The van der Waals surface area contributed by atoms with E-state index >= 15 is 0 Å². The van der Waals surface area contributed by atoms with E-state index in [1.807, 2.05) is 37.4 Å². The Bertz CT molecular complexity index is 1380. The molecule has 30 heavy (non-hydrogen) atoms. The van der Waals surface area contributed by atoms with Gasteiger partial charge in [-0.05, 0) is 42.0 Å². The molecule has 0 unspecified atom stereocenters. The molecule has 0 fully saturated rings. The molecule has 0 radical (unpaired) electrons. The Balaban J connectivity index is 1.78. The van der Waals surface area contributed by atoms with Crippen LogP contribution in [0.4, 0.5) is 5.69 Å². The van der Waals surface area contributed by atoms with E-state index in [4.69, 9.17) is 5.26 Å². The highest BCUT2D eigenvalue weighted by molar-refractivity contribution is 7.12. The molecule has 4 aromatic rings. The number of phenolic OH excluding ortho intramolecular Hbond substituents is 1. The zero-order chi connectivity index (χ0) is 21.1. The van der Waals surface area contributed by atoms with Crippen molar-refractivity contribution in [2.45, 2.75) is 0 Å². The first kappa shape index (κ1) is 19.1. The van der Waals surface area contributed by atoms with Crippen LogP contribution in [0.2, 0.25) is 0 Å². The fourth-order valence-electron chi connectivity index (χ4n) is 2.97. The average molecular weight is 409 g/mol. The first-order valence-corrected chi connectivity index (χ1v) is 9.82. The van der Waals surface area contributed by atoms with Gasteiger partial charge in [-0.2, -0.15) is 15.6 Å². The zero-order valence-electron chi connectivity index (χ0n) is 15.9. The van der Waals surface area contributed by atoms with E-state index in [0.29, 0.717) is 21.6 Å². The van der Waals surface area contributed by atoms with E-state index < -0.39 is 0 Å². The van der Waals surface area contributed by atoms with Crippen molar-refractivity contribution in [3.8, 4) is 39.6 Å². The molecule has 3 aromatic carbocycles. The van der Waals surface area contributed by atoms with Crippen molar-refractivity contribution in [1.82, 2.24) is 9.78 Å². The first-order valence-electron chi connectivity index (χ1n) is 9.00. The second-order valence-electron chi connectivity index (χ2n) is 6.51. The van der Waals surface area contributed by atoms with Gasteiger partial charge < -0.3 is 5.11 Å². The van der Waals surface area contributed by atoms with Crippen molar-refractivity contribution in [3.05, 3.63) is 82.7 Å². The van der Waals surface area contributed by atoms with Crippen LogP contribution < -0.4 is 4.80 Å². The Morgan fingerprint density at radius 3 is 2.43 bits per heavy atom. The summed E-state index contributed by atoms with van der Waals surface area (Å²) in [4.78, 5) is 5.24. The number of rotatable bonds is 3. The molecule has 144 valence electrons.